The molecule has 1 nitrogen and oxygen atoms in total. The van der Waals surface area contributed by atoms with E-state index in [4.69, 9.17) is 0 Å². The van der Waals surface area contributed by atoms with Crippen molar-refractivity contribution in [1.82, 2.24) is 5.32 Å². The molecule has 1 unspecified atom stereocenters. The van der Waals surface area contributed by atoms with Gasteiger partial charge in [0.25, 0.3) is 0 Å². The van der Waals surface area contributed by atoms with Gasteiger partial charge in [0.1, 0.15) is 0 Å². The number of nitrogens with one attached hydrogen (secondary N) is 1. The Morgan fingerprint density at radius 3 is 2.63 bits per heavy atom. The van der Waals surface area contributed by atoms with Crippen molar-refractivity contribution in [3.63, 3.8) is 0 Å². The zero-order valence-electron chi connectivity index (χ0n) is 11.7. The average Bonchev–Trinajstić information content (AvgIpc) is 2.68. The molecule has 1 aromatic carbocycles. The second kappa shape index (κ2) is 6.69. The number of hydrogen-bond acceptors (Lipinski definition) is 2. The lowest BCUT2D eigenvalue weighted by Crippen LogP contribution is -2.23. The fourth-order valence-electron chi connectivity index (χ4n) is 2.42. The van der Waals surface area contributed by atoms with E-state index >= 15 is 0 Å². The van der Waals surface area contributed by atoms with Gasteiger partial charge in [-0.1, -0.05) is 36.8 Å². The molecule has 0 spiro atoms. The van der Waals surface area contributed by atoms with Crippen LogP contribution in [0.25, 0.3) is 0 Å². The summed E-state index contributed by atoms with van der Waals surface area (Å²) in [7, 11) is 0. The standard InChI is InChI=1S/C16H20BrNS/c1-4-18-15(14-10-16(17)19-12(14)3)9-13-7-5-6-11(2)8-13/h5-8,10,15,18H,4,9H2,1-3H3. The lowest BCUT2D eigenvalue weighted by Gasteiger charge is -2.18. The van der Waals surface area contributed by atoms with Gasteiger partial charge in [0.05, 0.1) is 3.79 Å². The fraction of sp³-hybridized carbons (Fsp3) is 0.375. The summed E-state index contributed by atoms with van der Waals surface area (Å²) in [5, 5.41) is 3.61. The third kappa shape index (κ3) is 3.91. The SMILES string of the molecule is CCNC(Cc1cccc(C)c1)c1cc(Br)sc1C. The Balaban J connectivity index is 2.23. The molecule has 0 radical (unpaired) electrons. The van der Waals surface area contributed by atoms with E-state index < -0.39 is 0 Å². The van der Waals surface area contributed by atoms with E-state index in [0.717, 1.165) is 13.0 Å². The van der Waals surface area contributed by atoms with Crippen LogP contribution < -0.4 is 5.32 Å². The number of rotatable bonds is 5. The van der Waals surface area contributed by atoms with Gasteiger partial charge in [-0.3, -0.25) is 0 Å². The van der Waals surface area contributed by atoms with Gasteiger partial charge in [-0.15, -0.1) is 11.3 Å². The van der Waals surface area contributed by atoms with E-state index in [0.29, 0.717) is 6.04 Å². The molecule has 0 aliphatic carbocycles. The van der Waals surface area contributed by atoms with Crippen LogP contribution in [-0.4, -0.2) is 6.54 Å². The maximum atomic E-state index is 3.61. The molecule has 0 bridgehead atoms. The van der Waals surface area contributed by atoms with E-state index in [-0.39, 0.29) is 0 Å². The quantitative estimate of drug-likeness (QED) is 0.807. The topological polar surface area (TPSA) is 12.0 Å². The van der Waals surface area contributed by atoms with Gasteiger partial charge in [-0.2, -0.15) is 0 Å². The van der Waals surface area contributed by atoms with Gasteiger partial charge in [-0.05, 0) is 59.9 Å². The van der Waals surface area contributed by atoms with E-state index in [1.165, 1.54) is 25.4 Å². The molecule has 1 N–H and O–H groups in total. The summed E-state index contributed by atoms with van der Waals surface area (Å²) in [6.45, 7) is 7.51. The Kier molecular flexibility index (Phi) is 5.20. The molecular formula is C16H20BrNS. The largest absolute Gasteiger partial charge is 0.310 e. The average molecular weight is 338 g/mol. The molecule has 2 aromatic rings. The Morgan fingerprint density at radius 1 is 1.26 bits per heavy atom. The molecule has 2 rings (SSSR count). The predicted molar refractivity (Wildman–Crippen MR) is 88.1 cm³/mol. The van der Waals surface area contributed by atoms with Crippen molar-refractivity contribution in [2.45, 2.75) is 33.2 Å². The number of thiophene rings is 1. The maximum Gasteiger partial charge on any atom is 0.0704 e. The number of benzene rings is 1. The highest BCUT2D eigenvalue weighted by Gasteiger charge is 2.16. The van der Waals surface area contributed by atoms with E-state index in [1.807, 2.05) is 11.3 Å². The zero-order chi connectivity index (χ0) is 13.8. The minimum atomic E-state index is 0.398. The van der Waals surface area contributed by atoms with Gasteiger partial charge < -0.3 is 5.32 Å². The molecule has 0 saturated heterocycles. The van der Waals surface area contributed by atoms with Crippen LogP contribution in [0.3, 0.4) is 0 Å². The lowest BCUT2D eigenvalue weighted by molar-refractivity contribution is 0.549. The summed E-state index contributed by atoms with van der Waals surface area (Å²) in [6.07, 6.45) is 1.04. The van der Waals surface area contributed by atoms with Crippen molar-refractivity contribution in [1.29, 1.82) is 0 Å². The number of hydrogen-bond donors (Lipinski definition) is 1. The Bertz CT molecular complexity index is 547. The van der Waals surface area contributed by atoms with Gasteiger partial charge in [0.15, 0.2) is 0 Å². The van der Waals surface area contributed by atoms with E-state index in [9.17, 15) is 0 Å². The van der Waals surface area contributed by atoms with Crippen molar-refractivity contribution < 1.29 is 0 Å². The predicted octanol–water partition coefficient (Wildman–Crippen LogP) is 5.02. The second-order valence-corrected chi connectivity index (χ2v) is 7.50. The van der Waals surface area contributed by atoms with Crippen LogP contribution in [-0.2, 0) is 6.42 Å². The molecule has 1 aromatic heterocycles. The summed E-state index contributed by atoms with van der Waals surface area (Å²) in [6, 6.07) is 11.4. The molecule has 1 heterocycles. The summed E-state index contributed by atoms with van der Waals surface area (Å²) in [5.74, 6) is 0. The van der Waals surface area contributed by atoms with Crippen molar-refractivity contribution in [2.24, 2.45) is 0 Å². The number of halogens is 1. The van der Waals surface area contributed by atoms with Crippen LogP contribution in [0.5, 0.6) is 0 Å². The van der Waals surface area contributed by atoms with E-state index in [2.05, 4.69) is 72.3 Å². The lowest BCUT2D eigenvalue weighted by atomic mass is 9.98. The summed E-state index contributed by atoms with van der Waals surface area (Å²) >= 11 is 5.40. The third-order valence-electron chi connectivity index (χ3n) is 3.27. The van der Waals surface area contributed by atoms with E-state index in [1.54, 1.807) is 0 Å². The molecule has 0 aliphatic heterocycles. The first kappa shape index (κ1) is 14.8. The van der Waals surface area contributed by atoms with Crippen molar-refractivity contribution >= 4 is 27.3 Å². The number of aryl methyl sites for hydroxylation is 2. The van der Waals surface area contributed by atoms with Crippen LogP contribution >= 0.6 is 27.3 Å². The first-order valence-corrected chi connectivity index (χ1v) is 8.26. The highest BCUT2D eigenvalue weighted by molar-refractivity contribution is 9.11. The maximum absolute atomic E-state index is 3.61. The molecule has 0 saturated carbocycles. The van der Waals surface area contributed by atoms with Gasteiger partial charge >= 0.3 is 0 Å². The fourth-order valence-corrected chi connectivity index (χ4v) is 4.19. The molecule has 19 heavy (non-hydrogen) atoms. The highest BCUT2D eigenvalue weighted by Crippen LogP contribution is 2.32. The summed E-state index contributed by atoms with van der Waals surface area (Å²) in [4.78, 5) is 1.39. The van der Waals surface area contributed by atoms with Crippen LogP contribution in [0.15, 0.2) is 34.1 Å². The molecule has 0 amide bonds. The Morgan fingerprint density at radius 2 is 2.05 bits per heavy atom. The van der Waals surface area contributed by atoms with Crippen LogP contribution in [0.2, 0.25) is 0 Å². The normalized spacial score (nSPS) is 12.6. The van der Waals surface area contributed by atoms with Crippen molar-refractivity contribution in [2.75, 3.05) is 6.54 Å². The summed E-state index contributed by atoms with van der Waals surface area (Å²) < 4.78 is 1.21. The minimum absolute atomic E-state index is 0.398. The second-order valence-electron chi connectivity index (χ2n) is 4.87. The molecule has 3 heteroatoms. The molecule has 1 atom stereocenters. The number of likely N-dealkylation sites (N-methyl/N-ethyl adjacent to an activating group) is 1. The highest BCUT2D eigenvalue weighted by atomic mass is 79.9. The Labute approximate surface area is 128 Å². The van der Waals surface area contributed by atoms with Gasteiger partial charge in [0, 0.05) is 10.9 Å². The van der Waals surface area contributed by atoms with Crippen molar-refractivity contribution in [3.8, 4) is 0 Å². The molecule has 102 valence electrons. The smallest absolute Gasteiger partial charge is 0.0704 e. The van der Waals surface area contributed by atoms with Gasteiger partial charge in [-0.25, -0.2) is 0 Å². The third-order valence-corrected chi connectivity index (χ3v) is 4.84. The first-order chi connectivity index (χ1) is 9.10. The van der Waals surface area contributed by atoms with Crippen LogP contribution in [0.1, 0.15) is 34.5 Å². The van der Waals surface area contributed by atoms with Crippen LogP contribution in [0.4, 0.5) is 0 Å². The van der Waals surface area contributed by atoms with Gasteiger partial charge in [0.2, 0.25) is 0 Å². The minimum Gasteiger partial charge on any atom is -0.310 e. The molecular weight excluding hydrogens is 318 g/mol. The first-order valence-electron chi connectivity index (χ1n) is 6.65. The monoisotopic (exact) mass is 337 g/mol. The zero-order valence-corrected chi connectivity index (χ0v) is 14.1. The molecule has 0 fully saturated rings. The van der Waals surface area contributed by atoms with Crippen LogP contribution in [0, 0.1) is 13.8 Å². The summed E-state index contributed by atoms with van der Waals surface area (Å²) in [5.41, 5.74) is 4.14. The van der Waals surface area contributed by atoms with Crippen molar-refractivity contribution in [3.05, 3.63) is 55.7 Å². The molecule has 0 aliphatic rings. The Hall–Kier alpha value is -0.640.